The quantitative estimate of drug-likeness (QED) is 0.813. The number of ether oxygens (including phenoxy) is 1. The van der Waals surface area contributed by atoms with Crippen LogP contribution in [0.15, 0.2) is 42.5 Å². The third kappa shape index (κ3) is 5.83. The molecule has 1 N–H and O–H groups in total. The summed E-state index contributed by atoms with van der Waals surface area (Å²) < 4.78 is 6.02. The van der Waals surface area contributed by atoms with Crippen molar-refractivity contribution in [2.45, 2.75) is 46.1 Å². The Labute approximate surface area is 168 Å². The smallest absolute Gasteiger partial charge is 0.335 e. The molecule has 0 aromatic heterocycles. The molecule has 3 rings (SSSR count). The summed E-state index contributed by atoms with van der Waals surface area (Å²) >= 11 is 0. The summed E-state index contributed by atoms with van der Waals surface area (Å²) in [6, 6.07) is 13.8. The van der Waals surface area contributed by atoms with Gasteiger partial charge in [-0.1, -0.05) is 38.1 Å². The van der Waals surface area contributed by atoms with Crippen LogP contribution >= 0.6 is 0 Å². The second kappa shape index (κ2) is 9.74. The molecule has 0 fully saturated rings. The molecule has 0 radical (unpaired) electrons. The minimum atomic E-state index is -0.903. The highest BCUT2D eigenvalue weighted by Gasteiger charge is 2.13. The van der Waals surface area contributed by atoms with Gasteiger partial charge >= 0.3 is 5.97 Å². The van der Waals surface area contributed by atoms with Crippen LogP contribution in [0.5, 0.6) is 5.75 Å². The fraction of sp³-hybridized carbons (Fsp3) is 0.458. The Morgan fingerprint density at radius 2 is 1.93 bits per heavy atom. The summed E-state index contributed by atoms with van der Waals surface area (Å²) in [4.78, 5) is 14.0. The largest absolute Gasteiger partial charge is 0.493 e. The fourth-order valence-electron chi connectivity index (χ4n) is 3.86. The van der Waals surface area contributed by atoms with Crippen LogP contribution in [0.3, 0.4) is 0 Å². The maximum Gasteiger partial charge on any atom is 0.335 e. The number of carboxylic acid groups (broad SMARTS) is 1. The SMILES string of the molecule is CC(C)CN1CCCCCOc2ccc(C(=O)O)cc2Cc2cccc(c2)C1. The molecule has 2 bridgehead atoms. The number of fused-ring (bicyclic) bond motifs is 3. The van der Waals surface area contributed by atoms with E-state index in [1.165, 1.54) is 17.5 Å². The van der Waals surface area contributed by atoms with Gasteiger partial charge in [-0.2, -0.15) is 0 Å². The van der Waals surface area contributed by atoms with Gasteiger partial charge in [-0.15, -0.1) is 0 Å². The number of hydrogen-bond donors (Lipinski definition) is 1. The molecule has 28 heavy (non-hydrogen) atoms. The molecular formula is C24H31NO3. The van der Waals surface area contributed by atoms with Gasteiger partial charge in [0.1, 0.15) is 5.75 Å². The Morgan fingerprint density at radius 3 is 2.71 bits per heavy atom. The van der Waals surface area contributed by atoms with Gasteiger partial charge in [-0.25, -0.2) is 4.79 Å². The molecule has 2 aromatic rings. The number of benzene rings is 2. The van der Waals surface area contributed by atoms with Crippen LogP contribution in [0, 0.1) is 5.92 Å². The Hall–Kier alpha value is -2.33. The number of hydrogen-bond acceptors (Lipinski definition) is 3. The lowest BCUT2D eigenvalue weighted by Crippen LogP contribution is -2.28. The normalized spacial score (nSPS) is 16.1. The monoisotopic (exact) mass is 381 g/mol. The first-order valence-electron chi connectivity index (χ1n) is 10.3. The van der Waals surface area contributed by atoms with Crippen LogP contribution < -0.4 is 4.74 Å². The van der Waals surface area contributed by atoms with Crippen LogP contribution in [-0.4, -0.2) is 35.7 Å². The van der Waals surface area contributed by atoms with Crippen LogP contribution in [0.2, 0.25) is 0 Å². The molecule has 0 unspecified atom stereocenters. The van der Waals surface area contributed by atoms with Gasteiger partial charge in [0.2, 0.25) is 0 Å². The van der Waals surface area contributed by atoms with Gasteiger partial charge in [0.15, 0.2) is 0 Å². The third-order valence-corrected chi connectivity index (χ3v) is 5.10. The Morgan fingerprint density at radius 1 is 1.11 bits per heavy atom. The molecule has 0 amide bonds. The van der Waals surface area contributed by atoms with Crippen molar-refractivity contribution in [2.75, 3.05) is 19.7 Å². The van der Waals surface area contributed by atoms with E-state index in [9.17, 15) is 9.90 Å². The van der Waals surface area contributed by atoms with Crippen molar-refractivity contribution in [3.05, 3.63) is 64.7 Å². The average molecular weight is 382 g/mol. The van der Waals surface area contributed by atoms with E-state index in [1.807, 2.05) is 0 Å². The molecule has 2 aromatic carbocycles. The summed E-state index contributed by atoms with van der Waals surface area (Å²) in [5, 5.41) is 9.36. The molecule has 150 valence electrons. The molecular weight excluding hydrogens is 350 g/mol. The zero-order chi connectivity index (χ0) is 19.9. The van der Waals surface area contributed by atoms with Crippen molar-refractivity contribution in [3.8, 4) is 5.75 Å². The van der Waals surface area contributed by atoms with E-state index in [4.69, 9.17) is 4.74 Å². The van der Waals surface area contributed by atoms with E-state index < -0.39 is 5.97 Å². The van der Waals surface area contributed by atoms with Crippen molar-refractivity contribution in [1.82, 2.24) is 4.90 Å². The molecule has 4 nitrogen and oxygen atoms in total. The van der Waals surface area contributed by atoms with Gasteiger partial charge in [0, 0.05) is 19.5 Å². The summed E-state index contributed by atoms with van der Waals surface area (Å²) in [6.07, 6.45) is 3.99. The van der Waals surface area contributed by atoms with E-state index in [-0.39, 0.29) is 0 Å². The Kier molecular flexibility index (Phi) is 7.10. The van der Waals surface area contributed by atoms with Gasteiger partial charge < -0.3 is 9.84 Å². The molecule has 1 aliphatic rings. The lowest BCUT2D eigenvalue weighted by molar-refractivity contribution is 0.0696. The average Bonchev–Trinajstić information content (AvgIpc) is 2.64. The summed E-state index contributed by atoms with van der Waals surface area (Å²) in [5.41, 5.74) is 3.74. The minimum Gasteiger partial charge on any atom is -0.493 e. The van der Waals surface area contributed by atoms with Crippen molar-refractivity contribution in [1.29, 1.82) is 0 Å². The standard InChI is InChI=1S/C24H31NO3/c1-18(2)16-25-11-4-3-5-12-28-23-10-9-21(24(26)27)15-22(23)14-19-7-6-8-20(13-19)17-25/h6-10,13,15,18H,3-5,11-12,14,16-17H2,1-2H3,(H,26,27). The maximum absolute atomic E-state index is 11.4. The molecule has 0 saturated heterocycles. The number of aromatic carboxylic acids is 1. The fourth-order valence-corrected chi connectivity index (χ4v) is 3.86. The lowest BCUT2D eigenvalue weighted by Gasteiger charge is -2.25. The number of rotatable bonds is 3. The van der Waals surface area contributed by atoms with Crippen molar-refractivity contribution < 1.29 is 14.6 Å². The summed E-state index contributed by atoms with van der Waals surface area (Å²) in [6.45, 7) is 8.39. The van der Waals surface area contributed by atoms with E-state index in [0.717, 1.165) is 43.8 Å². The van der Waals surface area contributed by atoms with Crippen LogP contribution in [-0.2, 0) is 13.0 Å². The van der Waals surface area contributed by atoms with Gasteiger partial charge in [0.25, 0.3) is 0 Å². The van der Waals surface area contributed by atoms with Crippen LogP contribution in [0.4, 0.5) is 0 Å². The summed E-state index contributed by atoms with van der Waals surface area (Å²) in [7, 11) is 0. The van der Waals surface area contributed by atoms with Gasteiger partial charge in [0.05, 0.1) is 12.2 Å². The van der Waals surface area contributed by atoms with Crippen molar-refractivity contribution in [2.24, 2.45) is 5.92 Å². The highest BCUT2D eigenvalue weighted by molar-refractivity contribution is 5.88. The Bertz CT molecular complexity index is 800. The Balaban J connectivity index is 1.90. The number of carbonyl (C=O) groups is 1. The molecule has 1 aliphatic heterocycles. The van der Waals surface area contributed by atoms with Crippen molar-refractivity contribution in [3.63, 3.8) is 0 Å². The molecule has 0 saturated carbocycles. The second-order valence-corrected chi connectivity index (χ2v) is 8.16. The molecule has 4 heteroatoms. The molecule has 1 heterocycles. The number of nitrogens with zero attached hydrogens (tertiary/aromatic N) is 1. The van der Waals surface area contributed by atoms with Crippen molar-refractivity contribution >= 4 is 5.97 Å². The summed E-state index contributed by atoms with van der Waals surface area (Å²) in [5.74, 6) is 0.542. The van der Waals surface area contributed by atoms with E-state index in [1.54, 1.807) is 18.2 Å². The van der Waals surface area contributed by atoms with E-state index >= 15 is 0 Å². The van der Waals surface area contributed by atoms with Gasteiger partial charge in [-0.05, 0) is 66.6 Å². The predicted octanol–water partition coefficient (Wildman–Crippen LogP) is 5.00. The highest BCUT2D eigenvalue weighted by Crippen LogP contribution is 2.25. The van der Waals surface area contributed by atoms with Crippen LogP contribution in [0.1, 0.15) is 60.2 Å². The van der Waals surface area contributed by atoms with Crippen LogP contribution in [0.25, 0.3) is 0 Å². The molecule has 0 spiro atoms. The first kappa shape index (κ1) is 20.4. The zero-order valence-electron chi connectivity index (χ0n) is 17.0. The topological polar surface area (TPSA) is 49.8 Å². The highest BCUT2D eigenvalue weighted by atomic mass is 16.5. The van der Waals surface area contributed by atoms with Gasteiger partial charge in [-0.3, -0.25) is 4.90 Å². The molecule has 0 atom stereocenters. The minimum absolute atomic E-state index is 0.308. The number of carboxylic acids is 1. The molecule has 0 aliphatic carbocycles. The first-order valence-corrected chi connectivity index (χ1v) is 10.3. The third-order valence-electron chi connectivity index (χ3n) is 5.10. The second-order valence-electron chi connectivity index (χ2n) is 8.16. The predicted molar refractivity (Wildman–Crippen MR) is 112 cm³/mol. The first-order chi connectivity index (χ1) is 13.5. The maximum atomic E-state index is 11.4. The lowest BCUT2D eigenvalue weighted by atomic mass is 9.99. The van der Waals surface area contributed by atoms with E-state index in [2.05, 4.69) is 43.0 Å². The van der Waals surface area contributed by atoms with E-state index in [0.29, 0.717) is 24.5 Å². The zero-order valence-corrected chi connectivity index (χ0v) is 17.0.